The van der Waals surface area contributed by atoms with Gasteiger partial charge in [0, 0.05) is 25.2 Å². The molecule has 0 saturated carbocycles. The van der Waals surface area contributed by atoms with Gasteiger partial charge in [0.2, 0.25) is 0 Å². The Morgan fingerprint density at radius 2 is 1.81 bits per heavy atom. The lowest BCUT2D eigenvalue weighted by Gasteiger charge is -2.11. The van der Waals surface area contributed by atoms with Gasteiger partial charge < -0.3 is 14.3 Å². The van der Waals surface area contributed by atoms with Crippen LogP contribution >= 0.6 is 0 Å². The lowest BCUT2D eigenvalue weighted by molar-refractivity contribution is 0.0942. The summed E-state index contributed by atoms with van der Waals surface area (Å²) in [6, 6.07) is 21.9. The van der Waals surface area contributed by atoms with Crippen molar-refractivity contribution in [1.82, 2.24) is 9.88 Å². The van der Waals surface area contributed by atoms with E-state index < -0.39 is 0 Å². The van der Waals surface area contributed by atoms with E-state index >= 15 is 0 Å². The Hall–Kier alpha value is -3.27. The summed E-state index contributed by atoms with van der Waals surface area (Å²) >= 11 is 0. The first-order valence-electron chi connectivity index (χ1n) is 8.65. The van der Waals surface area contributed by atoms with Crippen molar-refractivity contribution in [3.63, 3.8) is 0 Å². The van der Waals surface area contributed by atoms with Crippen LogP contribution in [0, 0.1) is 6.92 Å². The van der Waals surface area contributed by atoms with Gasteiger partial charge in [-0.25, -0.2) is 0 Å². The standard InChI is InChI=1S/C22H20N2O2/c1-16-6-5-9-18(12-16)15-24-19-10-11-26-21(19)13-20(24)22(25)23-14-17-7-3-2-4-8-17/h2-13H,14-15H2,1H3,(H,23,25). The maximum Gasteiger partial charge on any atom is 0.268 e. The summed E-state index contributed by atoms with van der Waals surface area (Å²) in [6.07, 6.45) is 1.66. The Labute approximate surface area is 152 Å². The minimum atomic E-state index is -0.104. The van der Waals surface area contributed by atoms with Crippen molar-refractivity contribution in [2.75, 3.05) is 0 Å². The average molecular weight is 344 g/mol. The molecule has 4 nitrogen and oxygen atoms in total. The number of fused-ring (bicyclic) bond motifs is 1. The van der Waals surface area contributed by atoms with E-state index in [1.165, 1.54) is 5.56 Å². The highest BCUT2D eigenvalue weighted by molar-refractivity contribution is 5.97. The fraction of sp³-hybridized carbons (Fsp3) is 0.136. The van der Waals surface area contributed by atoms with Gasteiger partial charge in [-0.1, -0.05) is 60.2 Å². The number of carbonyl (C=O) groups is 1. The normalized spacial score (nSPS) is 11.0. The Bertz CT molecular complexity index is 1040. The quantitative estimate of drug-likeness (QED) is 0.578. The largest absolute Gasteiger partial charge is 0.463 e. The van der Waals surface area contributed by atoms with E-state index in [2.05, 4.69) is 30.4 Å². The average Bonchev–Trinajstić information content (AvgIpc) is 3.23. The topological polar surface area (TPSA) is 47.2 Å². The van der Waals surface area contributed by atoms with Crippen LogP contribution in [0.15, 0.2) is 77.4 Å². The number of hydrogen-bond donors (Lipinski definition) is 1. The first-order valence-corrected chi connectivity index (χ1v) is 8.65. The number of carbonyl (C=O) groups excluding carboxylic acids is 1. The van der Waals surface area contributed by atoms with Crippen LogP contribution in [0.2, 0.25) is 0 Å². The summed E-state index contributed by atoms with van der Waals surface area (Å²) in [6.45, 7) is 3.19. The summed E-state index contributed by atoms with van der Waals surface area (Å²) in [5.41, 5.74) is 5.69. The minimum absolute atomic E-state index is 0.104. The molecule has 0 fully saturated rings. The van der Waals surface area contributed by atoms with E-state index in [1.807, 2.05) is 53.1 Å². The third-order valence-electron chi connectivity index (χ3n) is 4.47. The Morgan fingerprint density at radius 3 is 2.62 bits per heavy atom. The molecule has 0 bridgehead atoms. The SMILES string of the molecule is Cc1cccc(Cn2c(C(=O)NCc3ccccc3)cc3occc32)c1. The van der Waals surface area contributed by atoms with Gasteiger partial charge in [0.05, 0.1) is 11.8 Å². The zero-order chi connectivity index (χ0) is 17.9. The van der Waals surface area contributed by atoms with Gasteiger partial charge >= 0.3 is 0 Å². The molecule has 1 N–H and O–H groups in total. The van der Waals surface area contributed by atoms with Crippen molar-refractivity contribution in [3.05, 3.63) is 95.4 Å². The molecule has 2 aromatic carbocycles. The number of aryl methyl sites for hydroxylation is 1. The van der Waals surface area contributed by atoms with Crippen molar-refractivity contribution in [2.24, 2.45) is 0 Å². The first-order chi connectivity index (χ1) is 12.7. The third-order valence-corrected chi connectivity index (χ3v) is 4.47. The Balaban J connectivity index is 1.62. The zero-order valence-electron chi connectivity index (χ0n) is 14.6. The van der Waals surface area contributed by atoms with Gasteiger partial charge in [-0.15, -0.1) is 0 Å². The van der Waals surface area contributed by atoms with Gasteiger partial charge in [-0.3, -0.25) is 4.79 Å². The van der Waals surface area contributed by atoms with Gasteiger partial charge in [-0.2, -0.15) is 0 Å². The van der Waals surface area contributed by atoms with E-state index in [0.29, 0.717) is 18.8 Å². The number of nitrogens with zero attached hydrogens (tertiary/aromatic N) is 1. The molecule has 0 aliphatic carbocycles. The van der Waals surface area contributed by atoms with Crippen LogP contribution in [0.1, 0.15) is 27.2 Å². The highest BCUT2D eigenvalue weighted by Crippen LogP contribution is 2.23. The van der Waals surface area contributed by atoms with Crippen LogP contribution in [0.4, 0.5) is 0 Å². The Kier molecular flexibility index (Phi) is 4.32. The molecule has 1 amide bonds. The lowest BCUT2D eigenvalue weighted by Crippen LogP contribution is -2.25. The highest BCUT2D eigenvalue weighted by atomic mass is 16.3. The second-order valence-electron chi connectivity index (χ2n) is 6.44. The van der Waals surface area contributed by atoms with Gasteiger partial charge in [0.15, 0.2) is 5.58 Å². The van der Waals surface area contributed by atoms with Gasteiger partial charge in [0.1, 0.15) is 5.69 Å². The summed E-state index contributed by atoms with van der Waals surface area (Å²) in [4.78, 5) is 12.8. The molecule has 130 valence electrons. The van der Waals surface area contributed by atoms with E-state index in [1.54, 1.807) is 6.26 Å². The molecule has 0 radical (unpaired) electrons. The number of benzene rings is 2. The minimum Gasteiger partial charge on any atom is -0.463 e. The summed E-state index contributed by atoms with van der Waals surface area (Å²) in [5, 5.41) is 3.00. The number of nitrogens with one attached hydrogen (secondary N) is 1. The Morgan fingerprint density at radius 1 is 1.00 bits per heavy atom. The van der Waals surface area contributed by atoms with Gasteiger partial charge in [0.25, 0.3) is 5.91 Å². The van der Waals surface area contributed by atoms with E-state index in [-0.39, 0.29) is 5.91 Å². The highest BCUT2D eigenvalue weighted by Gasteiger charge is 2.17. The molecule has 26 heavy (non-hydrogen) atoms. The predicted molar refractivity (Wildman–Crippen MR) is 102 cm³/mol. The van der Waals surface area contributed by atoms with Crippen LogP contribution < -0.4 is 5.32 Å². The summed E-state index contributed by atoms with van der Waals surface area (Å²) in [7, 11) is 0. The smallest absolute Gasteiger partial charge is 0.268 e. The molecular formula is C22H20N2O2. The van der Waals surface area contributed by atoms with Crippen molar-refractivity contribution >= 4 is 17.0 Å². The molecule has 0 spiro atoms. The van der Waals surface area contributed by atoms with Crippen molar-refractivity contribution in [1.29, 1.82) is 0 Å². The molecule has 4 rings (SSSR count). The van der Waals surface area contributed by atoms with Crippen LogP contribution in [-0.2, 0) is 13.1 Å². The molecule has 4 heteroatoms. The zero-order valence-corrected chi connectivity index (χ0v) is 14.6. The number of amides is 1. The van der Waals surface area contributed by atoms with Crippen molar-refractivity contribution < 1.29 is 9.21 Å². The number of aromatic nitrogens is 1. The molecule has 0 aliphatic heterocycles. The van der Waals surface area contributed by atoms with E-state index in [9.17, 15) is 4.79 Å². The predicted octanol–water partition coefficient (Wildman–Crippen LogP) is 4.52. The molecule has 0 aliphatic rings. The first kappa shape index (κ1) is 16.2. The lowest BCUT2D eigenvalue weighted by atomic mass is 10.1. The molecule has 0 unspecified atom stereocenters. The monoisotopic (exact) mass is 344 g/mol. The third kappa shape index (κ3) is 3.26. The molecular weight excluding hydrogens is 324 g/mol. The second kappa shape index (κ2) is 6.92. The molecule has 0 saturated heterocycles. The van der Waals surface area contributed by atoms with E-state index in [4.69, 9.17) is 4.42 Å². The number of hydrogen-bond acceptors (Lipinski definition) is 2. The van der Waals surface area contributed by atoms with Gasteiger partial charge in [-0.05, 0) is 18.1 Å². The second-order valence-corrected chi connectivity index (χ2v) is 6.44. The molecule has 2 heterocycles. The van der Waals surface area contributed by atoms with Crippen LogP contribution in [-0.4, -0.2) is 10.5 Å². The van der Waals surface area contributed by atoms with E-state index in [0.717, 1.165) is 22.2 Å². The number of rotatable bonds is 5. The summed E-state index contributed by atoms with van der Waals surface area (Å²) < 4.78 is 7.52. The number of furan rings is 1. The molecule has 0 atom stereocenters. The van der Waals surface area contributed by atoms with Crippen LogP contribution in [0.3, 0.4) is 0 Å². The van der Waals surface area contributed by atoms with Crippen LogP contribution in [0.25, 0.3) is 11.1 Å². The van der Waals surface area contributed by atoms with Crippen molar-refractivity contribution in [3.8, 4) is 0 Å². The van der Waals surface area contributed by atoms with Crippen LogP contribution in [0.5, 0.6) is 0 Å². The molecule has 4 aromatic rings. The molecule has 2 aromatic heterocycles. The maximum absolute atomic E-state index is 12.8. The fourth-order valence-electron chi connectivity index (χ4n) is 3.20. The van der Waals surface area contributed by atoms with Crippen molar-refractivity contribution in [2.45, 2.75) is 20.0 Å². The maximum atomic E-state index is 12.8. The summed E-state index contributed by atoms with van der Waals surface area (Å²) in [5.74, 6) is -0.104. The fourth-order valence-corrected chi connectivity index (χ4v) is 3.20.